The van der Waals surface area contributed by atoms with Crippen LogP contribution in [0, 0.1) is 0 Å². The van der Waals surface area contributed by atoms with E-state index in [0.717, 1.165) is 29.9 Å². The average Bonchev–Trinajstić information content (AvgIpc) is 2.43. The Morgan fingerprint density at radius 3 is 2.78 bits per heavy atom. The number of hydrogen-bond acceptors (Lipinski definition) is 3. The molecule has 3 nitrogen and oxygen atoms in total. The van der Waals surface area contributed by atoms with Gasteiger partial charge < -0.3 is 14.2 Å². The Bertz CT molecular complexity index is 437. The van der Waals surface area contributed by atoms with Gasteiger partial charge in [-0.1, -0.05) is 13.3 Å². The standard InChI is InChI=1S/C15H20O3/c1-4-5-6-11-9-12-10-13(16-2)7-8-14(12)18-15(11)17-3/h7-10,15H,4-6H2,1-3H3. The molecule has 0 radical (unpaired) electrons. The minimum Gasteiger partial charge on any atom is -0.497 e. The first kappa shape index (κ1) is 13.0. The summed E-state index contributed by atoms with van der Waals surface area (Å²) in [4.78, 5) is 0. The third kappa shape index (κ3) is 2.67. The first-order chi connectivity index (χ1) is 8.78. The Labute approximate surface area is 108 Å². The maximum atomic E-state index is 5.84. The highest BCUT2D eigenvalue weighted by Crippen LogP contribution is 2.34. The number of unbranched alkanes of at least 4 members (excludes halogenated alkanes) is 1. The molecule has 1 aromatic carbocycles. The molecule has 98 valence electrons. The summed E-state index contributed by atoms with van der Waals surface area (Å²) in [7, 11) is 3.35. The van der Waals surface area contributed by atoms with Crippen molar-refractivity contribution in [1.29, 1.82) is 0 Å². The van der Waals surface area contributed by atoms with Gasteiger partial charge in [-0.05, 0) is 42.7 Å². The topological polar surface area (TPSA) is 27.7 Å². The highest BCUT2D eigenvalue weighted by Gasteiger charge is 2.22. The van der Waals surface area contributed by atoms with Crippen molar-refractivity contribution in [3.63, 3.8) is 0 Å². The number of fused-ring (bicyclic) bond motifs is 1. The Kier molecular flexibility index (Phi) is 4.26. The molecule has 1 aromatic rings. The van der Waals surface area contributed by atoms with Crippen molar-refractivity contribution in [2.24, 2.45) is 0 Å². The molecule has 0 saturated heterocycles. The van der Waals surface area contributed by atoms with E-state index in [1.807, 2.05) is 18.2 Å². The predicted molar refractivity (Wildman–Crippen MR) is 71.9 cm³/mol. The summed E-state index contributed by atoms with van der Waals surface area (Å²) < 4.78 is 16.5. The molecular formula is C15H20O3. The van der Waals surface area contributed by atoms with Gasteiger partial charge in [-0.2, -0.15) is 0 Å². The summed E-state index contributed by atoms with van der Waals surface area (Å²) in [6.45, 7) is 2.18. The van der Waals surface area contributed by atoms with Crippen molar-refractivity contribution in [3.05, 3.63) is 29.3 Å². The Balaban J connectivity index is 2.28. The van der Waals surface area contributed by atoms with Gasteiger partial charge in [0.1, 0.15) is 11.5 Å². The fourth-order valence-corrected chi connectivity index (χ4v) is 2.10. The van der Waals surface area contributed by atoms with Gasteiger partial charge in [-0.25, -0.2) is 0 Å². The molecule has 18 heavy (non-hydrogen) atoms. The van der Waals surface area contributed by atoms with Gasteiger partial charge in [0.2, 0.25) is 6.29 Å². The molecule has 0 bridgehead atoms. The van der Waals surface area contributed by atoms with E-state index in [0.29, 0.717) is 0 Å². The molecule has 1 unspecified atom stereocenters. The largest absolute Gasteiger partial charge is 0.497 e. The molecule has 0 aromatic heterocycles. The smallest absolute Gasteiger partial charge is 0.222 e. The van der Waals surface area contributed by atoms with Crippen molar-refractivity contribution >= 4 is 6.08 Å². The van der Waals surface area contributed by atoms with Crippen LogP contribution in [0.1, 0.15) is 31.7 Å². The van der Waals surface area contributed by atoms with Gasteiger partial charge in [0, 0.05) is 12.7 Å². The molecule has 1 aliphatic heterocycles. The van der Waals surface area contributed by atoms with Gasteiger partial charge in [0.25, 0.3) is 0 Å². The van der Waals surface area contributed by atoms with Crippen LogP contribution in [-0.4, -0.2) is 20.5 Å². The summed E-state index contributed by atoms with van der Waals surface area (Å²) in [5.41, 5.74) is 2.26. The van der Waals surface area contributed by atoms with E-state index in [1.165, 1.54) is 12.0 Å². The lowest BCUT2D eigenvalue weighted by Crippen LogP contribution is -2.24. The van der Waals surface area contributed by atoms with E-state index in [9.17, 15) is 0 Å². The van der Waals surface area contributed by atoms with Crippen LogP contribution in [0.25, 0.3) is 6.08 Å². The monoisotopic (exact) mass is 248 g/mol. The first-order valence-corrected chi connectivity index (χ1v) is 6.36. The van der Waals surface area contributed by atoms with E-state index in [4.69, 9.17) is 14.2 Å². The Morgan fingerprint density at radius 2 is 2.11 bits per heavy atom. The van der Waals surface area contributed by atoms with E-state index in [1.54, 1.807) is 14.2 Å². The fraction of sp³-hybridized carbons (Fsp3) is 0.467. The van der Waals surface area contributed by atoms with Crippen LogP contribution in [0.15, 0.2) is 23.8 Å². The lowest BCUT2D eigenvalue weighted by molar-refractivity contribution is -0.0284. The summed E-state index contributed by atoms with van der Waals surface area (Å²) in [6, 6.07) is 5.82. The zero-order valence-electron chi connectivity index (χ0n) is 11.2. The first-order valence-electron chi connectivity index (χ1n) is 6.36. The van der Waals surface area contributed by atoms with Crippen molar-refractivity contribution in [1.82, 2.24) is 0 Å². The molecule has 0 N–H and O–H groups in total. The highest BCUT2D eigenvalue weighted by atomic mass is 16.7. The summed E-state index contributed by atoms with van der Waals surface area (Å²) >= 11 is 0. The van der Waals surface area contributed by atoms with Crippen molar-refractivity contribution < 1.29 is 14.2 Å². The van der Waals surface area contributed by atoms with Crippen LogP contribution >= 0.6 is 0 Å². The minimum atomic E-state index is -0.252. The number of rotatable bonds is 5. The summed E-state index contributed by atoms with van der Waals surface area (Å²) in [6.07, 6.45) is 5.22. The van der Waals surface area contributed by atoms with E-state index in [-0.39, 0.29) is 6.29 Å². The number of methoxy groups -OCH3 is 2. The fourth-order valence-electron chi connectivity index (χ4n) is 2.10. The van der Waals surface area contributed by atoms with Crippen LogP contribution in [0.2, 0.25) is 0 Å². The molecule has 0 fully saturated rings. The zero-order chi connectivity index (χ0) is 13.0. The van der Waals surface area contributed by atoms with Gasteiger partial charge in [0.15, 0.2) is 0 Å². The second-order valence-corrected chi connectivity index (χ2v) is 4.41. The quantitative estimate of drug-likeness (QED) is 0.796. The third-order valence-electron chi connectivity index (χ3n) is 3.13. The number of benzene rings is 1. The van der Waals surface area contributed by atoms with Crippen molar-refractivity contribution in [3.8, 4) is 11.5 Å². The molecule has 3 heteroatoms. The minimum absolute atomic E-state index is 0.252. The lowest BCUT2D eigenvalue weighted by Gasteiger charge is -2.26. The zero-order valence-corrected chi connectivity index (χ0v) is 11.2. The van der Waals surface area contributed by atoms with Gasteiger partial charge in [0.05, 0.1) is 7.11 Å². The molecule has 2 rings (SSSR count). The maximum Gasteiger partial charge on any atom is 0.222 e. The number of ether oxygens (including phenoxy) is 3. The maximum absolute atomic E-state index is 5.84. The van der Waals surface area contributed by atoms with Crippen LogP contribution in [-0.2, 0) is 4.74 Å². The van der Waals surface area contributed by atoms with Gasteiger partial charge in [-0.3, -0.25) is 0 Å². The Hall–Kier alpha value is -1.48. The van der Waals surface area contributed by atoms with Crippen LogP contribution in [0.5, 0.6) is 11.5 Å². The number of hydrogen-bond donors (Lipinski definition) is 0. The van der Waals surface area contributed by atoms with Crippen molar-refractivity contribution in [2.75, 3.05) is 14.2 Å². The molecule has 1 atom stereocenters. The highest BCUT2D eigenvalue weighted by molar-refractivity contribution is 5.64. The van der Waals surface area contributed by atoms with E-state index in [2.05, 4.69) is 13.0 Å². The second-order valence-electron chi connectivity index (χ2n) is 4.41. The normalized spacial score (nSPS) is 17.7. The van der Waals surface area contributed by atoms with Crippen LogP contribution < -0.4 is 9.47 Å². The van der Waals surface area contributed by atoms with Gasteiger partial charge in [-0.15, -0.1) is 0 Å². The van der Waals surface area contributed by atoms with Crippen LogP contribution in [0.4, 0.5) is 0 Å². The predicted octanol–water partition coefficient (Wildman–Crippen LogP) is 3.63. The molecule has 0 amide bonds. The summed E-state index contributed by atoms with van der Waals surface area (Å²) in [5, 5.41) is 0. The van der Waals surface area contributed by atoms with Crippen molar-refractivity contribution in [2.45, 2.75) is 32.5 Å². The molecular weight excluding hydrogens is 228 g/mol. The third-order valence-corrected chi connectivity index (χ3v) is 3.13. The molecule has 1 heterocycles. The Morgan fingerprint density at radius 1 is 1.28 bits per heavy atom. The average molecular weight is 248 g/mol. The summed E-state index contributed by atoms with van der Waals surface area (Å²) in [5.74, 6) is 1.70. The molecule has 0 aliphatic carbocycles. The second kappa shape index (κ2) is 5.91. The lowest BCUT2D eigenvalue weighted by atomic mass is 10.0. The van der Waals surface area contributed by atoms with Crippen LogP contribution in [0.3, 0.4) is 0 Å². The van der Waals surface area contributed by atoms with E-state index >= 15 is 0 Å². The van der Waals surface area contributed by atoms with Gasteiger partial charge >= 0.3 is 0 Å². The molecule has 0 spiro atoms. The molecule has 1 aliphatic rings. The molecule has 0 saturated carbocycles. The van der Waals surface area contributed by atoms with E-state index < -0.39 is 0 Å². The SMILES string of the molecule is CCCCC1=Cc2cc(OC)ccc2OC1OC.